The Morgan fingerprint density at radius 2 is 1.96 bits per heavy atom. The van der Waals surface area contributed by atoms with E-state index in [9.17, 15) is 4.79 Å². The number of hydrogen-bond acceptors (Lipinski definition) is 7. The van der Waals surface area contributed by atoms with Crippen molar-refractivity contribution in [3.8, 4) is 17.1 Å². The number of aryl methyl sites for hydroxylation is 2. The maximum Gasteiger partial charge on any atom is 0.227 e. The van der Waals surface area contributed by atoms with Gasteiger partial charge in [-0.3, -0.25) is 4.79 Å². The van der Waals surface area contributed by atoms with Crippen molar-refractivity contribution in [2.24, 2.45) is 0 Å². The minimum atomic E-state index is -0.0310. The van der Waals surface area contributed by atoms with Gasteiger partial charge in [-0.1, -0.05) is 10.3 Å². The van der Waals surface area contributed by atoms with Crippen LogP contribution < -0.4 is 4.74 Å². The van der Waals surface area contributed by atoms with Gasteiger partial charge in [0.25, 0.3) is 0 Å². The van der Waals surface area contributed by atoms with Crippen LogP contribution in [0.25, 0.3) is 11.4 Å². The molecule has 0 radical (unpaired) electrons. The number of rotatable bonds is 8. The zero-order valence-electron chi connectivity index (χ0n) is 15.6. The fraction of sp³-hybridized carbons (Fsp3) is 0.368. The minimum absolute atomic E-state index is 0.0310. The van der Waals surface area contributed by atoms with Gasteiger partial charge in [0.15, 0.2) is 0 Å². The molecule has 0 saturated carbocycles. The third kappa shape index (κ3) is 4.93. The summed E-state index contributed by atoms with van der Waals surface area (Å²) in [5, 5.41) is 7.87. The highest BCUT2D eigenvalue weighted by molar-refractivity contribution is 5.76. The topological polar surface area (TPSA) is 94.5 Å². The Labute approximate surface area is 157 Å². The number of ether oxygens (including phenoxy) is 1. The van der Waals surface area contributed by atoms with Crippen LogP contribution in [0.1, 0.15) is 30.7 Å². The van der Waals surface area contributed by atoms with Crippen LogP contribution in [-0.2, 0) is 17.8 Å². The summed E-state index contributed by atoms with van der Waals surface area (Å²) in [5.41, 5.74) is 1.55. The standard InChI is InChI=1S/C19H22N4O4/c1-4-25-16-7-5-14(6-8-16)19-20-17(27-22-19)9-10-18(24)23(3)12-15-11-13(2)26-21-15/h5-8,11H,4,9-10,12H2,1-3H3. The fourth-order valence-corrected chi connectivity index (χ4v) is 2.57. The van der Waals surface area contributed by atoms with Gasteiger partial charge < -0.3 is 18.7 Å². The second-order valence-electron chi connectivity index (χ2n) is 6.15. The van der Waals surface area contributed by atoms with E-state index >= 15 is 0 Å². The lowest BCUT2D eigenvalue weighted by Gasteiger charge is -2.14. The monoisotopic (exact) mass is 370 g/mol. The van der Waals surface area contributed by atoms with Crippen molar-refractivity contribution in [2.45, 2.75) is 33.2 Å². The van der Waals surface area contributed by atoms with Gasteiger partial charge in [0, 0.05) is 31.5 Å². The van der Waals surface area contributed by atoms with E-state index < -0.39 is 0 Å². The molecule has 8 nitrogen and oxygen atoms in total. The fourth-order valence-electron chi connectivity index (χ4n) is 2.57. The van der Waals surface area contributed by atoms with E-state index in [0.717, 1.165) is 22.8 Å². The zero-order valence-corrected chi connectivity index (χ0v) is 15.6. The molecule has 0 aliphatic carbocycles. The molecule has 0 bridgehead atoms. The molecule has 142 valence electrons. The molecule has 0 spiro atoms. The van der Waals surface area contributed by atoms with Crippen LogP contribution in [0.4, 0.5) is 0 Å². The number of benzene rings is 1. The summed E-state index contributed by atoms with van der Waals surface area (Å²) < 4.78 is 15.7. The van der Waals surface area contributed by atoms with Crippen molar-refractivity contribution in [1.82, 2.24) is 20.2 Å². The molecule has 0 saturated heterocycles. The van der Waals surface area contributed by atoms with Gasteiger partial charge in [-0.05, 0) is 38.1 Å². The van der Waals surface area contributed by atoms with E-state index in [4.69, 9.17) is 13.8 Å². The zero-order chi connectivity index (χ0) is 19.2. The average Bonchev–Trinajstić information content (AvgIpc) is 3.29. The van der Waals surface area contributed by atoms with Crippen LogP contribution in [0.15, 0.2) is 39.4 Å². The summed E-state index contributed by atoms with van der Waals surface area (Å²) in [6.07, 6.45) is 0.656. The van der Waals surface area contributed by atoms with Crippen molar-refractivity contribution >= 4 is 5.91 Å². The lowest BCUT2D eigenvalue weighted by molar-refractivity contribution is -0.130. The largest absolute Gasteiger partial charge is 0.494 e. The predicted octanol–water partition coefficient (Wildman–Crippen LogP) is 3.02. The predicted molar refractivity (Wildman–Crippen MR) is 96.9 cm³/mol. The highest BCUT2D eigenvalue weighted by Crippen LogP contribution is 2.20. The Hall–Kier alpha value is -3.16. The molecule has 2 aromatic heterocycles. The Kier molecular flexibility index (Phi) is 5.85. The quantitative estimate of drug-likeness (QED) is 0.601. The number of nitrogens with zero attached hydrogens (tertiary/aromatic N) is 4. The molecular formula is C19H22N4O4. The summed E-state index contributed by atoms with van der Waals surface area (Å²) >= 11 is 0. The molecule has 3 rings (SSSR count). The normalized spacial score (nSPS) is 10.8. The van der Waals surface area contributed by atoms with Crippen molar-refractivity contribution < 1.29 is 18.6 Å². The van der Waals surface area contributed by atoms with Crippen LogP contribution in [0, 0.1) is 6.92 Å². The van der Waals surface area contributed by atoms with Crippen molar-refractivity contribution in [2.75, 3.05) is 13.7 Å². The highest BCUT2D eigenvalue weighted by atomic mass is 16.5. The van der Waals surface area contributed by atoms with Gasteiger partial charge in [-0.15, -0.1) is 0 Å². The van der Waals surface area contributed by atoms with Gasteiger partial charge in [-0.2, -0.15) is 4.98 Å². The summed E-state index contributed by atoms with van der Waals surface area (Å²) in [5.74, 6) is 2.40. The molecule has 3 aromatic rings. The van der Waals surface area contributed by atoms with Crippen LogP contribution in [0.2, 0.25) is 0 Å². The summed E-state index contributed by atoms with van der Waals surface area (Å²) in [4.78, 5) is 18.2. The highest BCUT2D eigenvalue weighted by Gasteiger charge is 2.15. The van der Waals surface area contributed by atoms with Crippen molar-refractivity contribution in [3.05, 3.63) is 47.7 Å². The summed E-state index contributed by atoms with van der Waals surface area (Å²) in [6.45, 7) is 4.77. The third-order valence-corrected chi connectivity index (χ3v) is 3.95. The van der Waals surface area contributed by atoms with E-state index in [1.54, 1.807) is 11.9 Å². The van der Waals surface area contributed by atoms with Gasteiger partial charge in [0.05, 0.1) is 13.2 Å². The molecule has 8 heteroatoms. The second kappa shape index (κ2) is 8.48. The van der Waals surface area contributed by atoms with E-state index in [-0.39, 0.29) is 12.3 Å². The maximum atomic E-state index is 12.3. The Morgan fingerprint density at radius 3 is 2.63 bits per heavy atom. The molecule has 2 heterocycles. The lowest BCUT2D eigenvalue weighted by Crippen LogP contribution is -2.26. The average molecular weight is 370 g/mol. The SMILES string of the molecule is CCOc1ccc(-c2noc(CCC(=O)N(C)Cc3cc(C)on3)n2)cc1. The summed E-state index contributed by atoms with van der Waals surface area (Å²) in [7, 11) is 1.73. The summed E-state index contributed by atoms with van der Waals surface area (Å²) in [6, 6.07) is 9.28. The number of amides is 1. The smallest absolute Gasteiger partial charge is 0.227 e. The Bertz CT molecular complexity index is 885. The Balaban J connectivity index is 1.53. The minimum Gasteiger partial charge on any atom is -0.494 e. The number of carbonyl (C=O) groups is 1. The number of hydrogen-bond donors (Lipinski definition) is 0. The van der Waals surface area contributed by atoms with Crippen molar-refractivity contribution in [3.63, 3.8) is 0 Å². The molecule has 0 aliphatic heterocycles. The molecule has 0 unspecified atom stereocenters. The van der Waals surface area contributed by atoms with E-state index in [1.807, 2.05) is 44.2 Å². The molecule has 0 aliphatic rings. The number of aromatic nitrogens is 3. The van der Waals surface area contributed by atoms with Crippen LogP contribution in [0.5, 0.6) is 5.75 Å². The van der Waals surface area contributed by atoms with Crippen LogP contribution >= 0.6 is 0 Å². The third-order valence-electron chi connectivity index (χ3n) is 3.95. The second-order valence-corrected chi connectivity index (χ2v) is 6.15. The maximum absolute atomic E-state index is 12.3. The van der Waals surface area contributed by atoms with Crippen LogP contribution in [0.3, 0.4) is 0 Å². The first-order valence-electron chi connectivity index (χ1n) is 8.77. The molecule has 1 aromatic carbocycles. The molecular weight excluding hydrogens is 348 g/mol. The first-order chi connectivity index (χ1) is 13.0. The first kappa shape index (κ1) is 18.6. The first-order valence-corrected chi connectivity index (χ1v) is 8.77. The van der Waals surface area contributed by atoms with Gasteiger partial charge in [0.2, 0.25) is 17.6 Å². The Morgan fingerprint density at radius 1 is 1.19 bits per heavy atom. The molecule has 0 atom stereocenters. The molecule has 0 fully saturated rings. The van der Waals surface area contributed by atoms with E-state index in [1.165, 1.54) is 0 Å². The van der Waals surface area contributed by atoms with Gasteiger partial charge in [0.1, 0.15) is 17.2 Å². The van der Waals surface area contributed by atoms with Crippen LogP contribution in [-0.4, -0.2) is 39.8 Å². The van der Waals surface area contributed by atoms with Gasteiger partial charge in [-0.25, -0.2) is 0 Å². The molecule has 27 heavy (non-hydrogen) atoms. The van der Waals surface area contributed by atoms with E-state index in [0.29, 0.717) is 31.3 Å². The lowest BCUT2D eigenvalue weighted by atomic mass is 10.2. The van der Waals surface area contributed by atoms with Gasteiger partial charge >= 0.3 is 0 Å². The molecule has 1 amide bonds. The molecule has 0 N–H and O–H groups in total. The van der Waals surface area contributed by atoms with Crippen molar-refractivity contribution in [1.29, 1.82) is 0 Å². The number of carbonyl (C=O) groups excluding carboxylic acids is 1. The van der Waals surface area contributed by atoms with E-state index in [2.05, 4.69) is 15.3 Å².